The molecule has 0 fully saturated rings. The van der Waals surface area contributed by atoms with Gasteiger partial charge in [0.15, 0.2) is 0 Å². The second-order valence-electron chi connectivity index (χ2n) is 5.21. The fourth-order valence-corrected chi connectivity index (χ4v) is 3.61. The molecule has 0 saturated heterocycles. The van der Waals surface area contributed by atoms with Crippen LogP contribution < -0.4 is 10.4 Å². The highest BCUT2D eigenvalue weighted by molar-refractivity contribution is 7.99. The van der Waals surface area contributed by atoms with Crippen LogP contribution in [0.25, 0.3) is 0 Å². The van der Waals surface area contributed by atoms with Gasteiger partial charge in [0.1, 0.15) is 0 Å². The first-order valence-electron chi connectivity index (χ1n) is 7.51. The summed E-state index contributed by atoms with van der Waals surface area (Å²) in [7, 11) is 0. The Kier molecular flexibility index (Phi) is 3.84. The number of anilines is 3. The van der Waals surface area contributed by atoms with E-state index >= 15 is 0 Å². The van der Waals surface area contributed by atoms with Crippen LogP contribution in [0.5, 0.6) is 0 Å². The highest BCUT2D eigenvalue weighted by Gasteiger charge is 2.29. The largest absolute Gasteiger partial charge is 0.443 e. The SMILES string of the molecule is O=C(ONc1ccccc1)N1c2ccccc2Sc2ccccc21. The standard InChI is InChI=1S/C19H14N2O2S/c22-19(23-20-14-8-2-1-3-9-14)21-15-10-4-6-12-17(15)24-18-13-7-5-11-16(18)21/h1-13,20H. The normalized spacial score (nSPS) is 12.1. The van der Waals surface area contributed by atoms with E-state index in [1.165, 1.54) is 0 Å². The molecule has 0 aliphatic carbocycles. The molecule has 5 heteroatoms. The lowest BCUT2D eigenvalue weighted by molar-refractivity contribution is 0.180. The van der Waals surface area contributed by atoms with Crippen molar-refractivity contribution in [1.29, 1.82) is 0 Å². The molecule has 0 bridgehead atoms. The highest BCUT2D eigenvalue weighted by atomic mass is 32.2. The Labute approximate surface area is 144 Å². The molecule has 24 heavy (non-hydrogen) atoms. The summed E-state index contributed by atoms with van der Waals surface area (Å²) in [5.41, 5.74) is 5.07. The number of benzene rings is 3. The van der Waals surface area contributed by atoms with Gasteiger partial charge in [-0.2, -0.15) is 0 Å². The second-order valence-corrected chi connectivity index (χ2v) is 6.29. The van der Waals surface area contributed by atoms with E-state index in [1.54, 1.807) is 16.7 Å². The lowest BCUT2D eigenvalue weighted by atomic mass is 10.2. The summed E-state index contributed by atoms with van der Waals surface area (Å²) in [5.74, 6) is 0. The summed E-state index contributed by atoms with van der Waals surface area (Å²) in [5, 5.41) is 0. The maximum absolute atomic E-state index is 12.7. The van der Waals surface area contributed by atoms with Crippen molar-refractivity contribution in [2.75, 3.05) is 10.4 Å². The van der Waals surface area contributed by atoms with Crippen molar-refractivity contribution in [3.63, 3.8) is 0 Å². The average Bonchev–Trinajstić information content (AvgIpc) is 2.65. The van der Waals surface area contributed by atoms with E-state index in [4.69, 9.17) is 4.84 Å². The molecule has 0 saturated carbocycles. The van der Waals surface area contributed by atoms with Gasteiger partial charge in [0.25, 0.3) is 0 Å². The number of hydrogen-bond donors (Lipinski definition) is 1. The minimum absolute atomic E-state index is 0.473. The summed E-state index contributed by atoms with van der Waals surface area (Å²) in [4.78, 5) is 21.7. The van der Waals surface area contributed by atoms with Crippen LogP contribution in [0.3, 0.4) is 0 Å². The quantitative estimate of drug-likeness (QED) is 0.633. The van der Waals surface area contributed by atoms with Gasteiger partial charge in [-0.1, -0.05) is 54.2 Å². The number of fused-ring (bicyclic) bond motifs is 2. The van der Waals surface area contributed by atoms with Crippen LogP contribution in [0.4, 0.5) is 21.9 Å². The first-order valence-corrected chi connectivity index (χ1v) is 8.32. The lowest BCUT2D eigenvalue weighted by Crippen LogP contribution is -2.30. The topological polar surface area (TPSA) is 41.6 Å². The molecule has 0 atom stereocenters. The molecule has 0 unspecified atom stereocenters. The maximum atomic E-state index is 12.7. The van der Waals surface area contributed by atoms with Crippen molar-refractivity contribution in [1.82, 2.24) is 0 Å². The Morgan fingerprint density at radius 1 is 0.792 bits per heavy atom. The number of carbonyl (C=O) groups excluding carboxylic acids is 1. The van der Waals surface area contributed by atoms with E-state index in [-0.39, 0.29) is 0 Å². The van der Waals surface area contributed by atoms with Crippen molar-refractivity contribution < 1.29 is 9.63 Å². The molecule has 0 aromatic heterocycles. The van der Waals surface area contributed by atoms with Crippen LogP contribution in [0.15, 0.2) is 88.7 Å². The smallest absolute Gasteiger partial charge is 0.324 e. The van der Waals surface area contributed by atoms with E-state index in [9.17, 15) is 4.79 Å². The third-order valence-electron chi connectivity index (χ3n) is 3.64. The first kappa shape index (κ1) is 14.7. The third kappa shape index (κ3) is 2.70. The molecule has 4 rings (SSSR count). The molecule has 1 N–H and O–H groups in total. The Hall–Kier alpha value is -2.92. The third-order valence-corrected chi connectivity index (χ3v) is 4.78. The monoisotopic (exact) mass is 334 g/mol. The van der Waals surface area contributed by atoms with E-state index in [1.807, 2.05) is 78.9 Å². The fourth-order valence-electron chi connectivity index (χ4n) is 2.56. The summed E-state index contributed by atoms with van der Waals surface area (Å²) >= 11 is 1.65. The molecular formula is C19H14N2O2S. The van der Waals surface area contributed by atoms with E-state index < -0.39 is 6.09 Å². The number of nitrogens with zero attached hydrogens (tertiary/aromatic N) is 1. The molecule has 4 nitrogen and oxygen atoms in total. The van der Waals surface area contributed by atoms with Gasteiger partial charge in [0, 0.05) is 9.79 Å². The summed E-state index contributed by atoms with van der Waals surface area (Å²) in [6, 6.07) is 24.9. The van der Waals surface area contributed by atoms with Gasteiger partial charge in [-0.05, 0) is 36.4 Å². The van der Waals surface area contributed by atoms with Gasteiger partial charge in [0.05, 0.1) is 17.1 Å². The number of amides is 1. The Morgan fingerprint density at radius 2 is 1.33 bits per heavy atom. The molecule has 1 aliphatic heterocycles. The minimum Gasteiger partial charge on any atom is -0.324 e. The Balaban J connectivity index is 1.65. The van der Waals surface area contributed by atoms with Gasteiger partial charge in [-0.25, -0.2) is 15.2 Å². The zero-order valence-corrected chi connectivity index (χ0v) is 13.5. The van der Waals surface area contributed by atoms with E-state index in [2.05, 4.69) is 5.48 Å². The van der Waals surface area contributed by atoms with Gasteiger partial charge >= 0.3 is 6.09 Å². The first-order chi connectivity index (χ1) is 11.8. The molecule has 0 radical (unpaired) electrons. The molecule has 3 aromatic rings. The Bertz CT molecular complexity index is 838. The van der Waals surface area contributed by atoms with E-state index in [0.717, 1.165) is 26.9 Å². The minimum atomic E-state index is -0.473. The zero-order valence-electron chi connectivity index (χ0n) is 12.7. The summed E-state index contributed by atoms with van der Waals surface area (Å²) in [6.07, 6.45) is -0.473. The predicted octanol–water partition coefficient (Wildman–Crippen LogP) is 5.45. The van der Waals surface area contributed by atoms with Crippen LogP contribution in [0.1, 0.15) is 0 Å². The molecule has 3 aromatic carbocycles. The second kappa shape index (κ2) is 6.29. The van der Waals surface area contributed by atoms with Crippen molar-refractivity contribution >= 4 is 34.9 Å². The molecule has 0 spiro atoms. The van der Waals surface area contributed by atoms with Crippen LogP contribution in [0, 0.1) is 0 Å². The summed E-state index contributed by atoms with van der Waals surface area (Å²) < 4.78 is 0. The molecule has 118 valence electrons. The van der Waals surface area contributed by atoms with Gasteiger partial charge in [-0.3, -0.25) is 0 Å². The molecule has 1 heterocycles. The van der Waals surface area contributed by atoms with Gasteiger partial charge in [-0.15, -0.1) is 0 Å². The van der Waals surface area contributed by atoms with Crippen molar-refractivity contribution in [2.24, 2.45) is 0 Å². The van der Waals surface area contributed by atoms with Crippen LogP contribution in [-0.2, 0) is 4.84 Å². The van der Waals surface area contributed by atoms with Crippen molar-refractivity contribution in [3.8, 4) is 0 Å². The van der Waals surface area contributed by atoms with E-state index in [0.29, 0.717) is 0 Å². The lowest BCUT2D eigenvalue weighted by Gasteiger charge is -2.29. The summed E-state index contributed by atoms with van der Waals surface area (Å²) in [6.45, 7) is 0. The average molecular weight is 334 g/mol. The number of rotatable bonds is 2. The molecule has 1 aliphatic rings. The number of hydrogen-bond acceptors (Lipinski definition) is 4. The Morgan fingerprint density at radius 3 is 1.96 bits per heavy atom. The molecular weight excluding hydrogens is 320 g/mol. The fraction of sp³-hybridized carbons (Fsp3) is 0. The number of nitrogens with one attached hydrogen (secondary N) is 1. The maximum Gasteiger partial charge on any atom is 0.443 e. The van der Waals surface area contributed by atoms with Crippen molar-refractivity contribution in [2.45, 2.75) is 9.79 Å². The highest BCUT2D eigenvalue weighted by Crippen LogP contribution is 2.48. The molecule has 1 amide bonds. The number of carbonyl (C=O) groups is 1. The van der Waals surface area contributed by atoms with Crippen LogP contribution in [-0.4, -0.2) is 6.09 Å². The van der Waals surface area contributed by atoms with Crippen LogP contribution >= 0.6 is 11.8 Å². The van der Waals surface area contributed by atoms with Crippen LogP contribution in [0.2, 0.25) is 0 Å². The van der Waals surface area contributed by atoms with Crippen molar-refractivity contribution in [3.05, 3.63) is 78.9 Å². The predicted molar refractivity (Wildman–Crippen MR) is 95.7 cm³/mol. The van der Waals surface area contributed by atoms with Gasteiger partial charge < -0.3 is 4.84 Å². The number of para-hydroxylation sites is 3. The van der Waals surface area contributed by atoms with Gasteiger partial charge in [0.2, 0.25) is 0 Å². The zero-order chi connectivity index (χ0) is 16.4.